The fourth-order valence-corrected chi connectivity index (χ4v) is 4.31. The number of carbonyl (C=O) groups is 1. The average molecular weight is 335 g/mol. The predicted octanol–water partition coefficient (Wildman–Crippen LogP) is 3.39. The molecule has 1 saturated carbocycles. The highest BCUT2D eigenvalue weighted by Gasteiger charge is 2.53. The normalized spacial score (nSPS) is 20.6. The molecule has 0 aromatic heterocycles. The molecule has 1 N–H and O–H groups in total. The van der Waals surface area contributed by atoms with Crippen LogP contribution in [0.4, 0.5) is 4.79 Å². The number of benzene rings is 2. The Morgan fingerprint density at radius 2 is 1.60 bits per heavy atom. The van der Waals surface area contributed by atoms with Gasteiger partial charge in [-0.1, -0.05) is 48.5 Å². The van der Waals surface area contributed by atoms with Crippen molar-refractivity contribution in [3.63, 3.8) is 0 Å². The number of fused-ring (bicyclic) bond motifs is 3. The molecule has 2 aromatic rings. The van der Waals surface area contributed by atoms with Crippen molar-refractivity contribution in [1.82, 2.24) is 4.90 Å². The number of amides is 1. The SMILES string of the molecule is O=C(OCC1c2ccccc2-c2ccccc21)N1CC(O)(C2CC2)C1. The molecule has 4 nitrogen and oxygen atoms in total. The lowest BCUT2D eigenvalue weighted by atomic mass is 9.89. The molecular formula is C21H21NO3. The van der Waals surface area contributed by atoms with Crippen molar-refractivity contribution < 1.29 is 14.6 Å². The van der Waals surface area contributed by atoms with Gasteiger partial charge >= 0.3 is 6.09 Å². The molecule has 2 aromatic carbocycles. The summed E-state index contributed by atoms with van der Waals surface area (Å²) < 4.78 is 5.61. The van der Waals surface area contributed by atoms with Gasteiger partial charge in [0.1, 0.15) is 12.2 Å². The van der Waals surface area contributed by atoms with E-state index >= 15 is 0 Å². The maximum absolute atomic E-state index is 12.3. The Hall–Kier alpha value is -2.33. The van der Waals surface area contributed by atoms with E-state index in [2.05, 4.69) is 24.3 Å². The second-order valence-corrected chi connectivity index (χ2v) is 7.54. The Bertz CT molecular complexity index is 791. The first kappa shape index (κ1) is 15.0. The molecule has 2 fully saturated rings. The van der Waals surface area contributed by atoms with Crippen molar-refractivity contribution in [2.45, 2.75) is 24.4 Å². The summed E-state index contributed by atoms with van der Waals surface area (Å²) in [7, 11) is 0. The van der Waals surface area contributed by atoms with Crippen LogP contribution in [0.3, 0.4) is 0 Å². The van der Waals surface area contributed by atoms with Crippen LogP contribution in [0.1, 0.15) is 29.9 Å². The number of hydrogen-bond acceptors (Lipinski definition) is 3. The minimum atomic E-state index is -0.661. The fourth-order valence-electron chi connectivity index (χ4n) is 4.31. The summed E-state index contributed by atoms with van der Waals surface area (Å²) in [5, 5.41) is 10.4. The molecule has 1 amide bonds. The third-order valence-corrected chi connectivity index (χ3v) is 5.86. The molecular weight excluding hydrogens is 314 g/mol. The number of nitrogens with zero attached hydrogens (tertiary/aromatic N) is 1. The number of β-amino-alcohol motifs (C(OH)–C–C–N with tert-alkyl or cyclic N) is 1. The third-order valence-electron chi connectivity index (χ3n) is 5.86. The monoisotopic (exact) mass is 335 g/mol. The van der Waals surface area contributed by atoms with Gasteiger partial charge in [-0.2, -0.15) is 0 Å². The Morgan fingerprint density at radius 1 is 1.04 bits per heavy atom. The molecule has 0 bridgehead atoms. The highest BCUT2D eigenvalue weighted by Crippen LogP contribution is 2.46. The highest BCUT2D eigenvalue weighted by molar-refractivity contribution is 5.79. The highest BCUT2D eigenvalue weighted by atomic mass is 16.6. The van der Waals surface area contributed by atoms with Gasteiger partial charge in [-0.15, -0.1) is 0 Å². The molecule has 0 atom stereocenters. The molecule has 5 rings (SSSR count). The number of carbonyl (C=O) groups excluding carboxylic acids is 1. The van der Waals surface area contributed by atoms with E-state index < -0.39 is 5.60 Å². The fraction of sp³-hybridized carbons (Fsp3) is 0.381. The van der Waals surface area contributed by atoms with Crippen LogP contribution in [-0.4, -0.2) is 41.4 Å². The summed E-state index contributed by atoms with van der Waals surface area (Å²) in [6, 6.07) is 16.6. The van der Waals surface area contributed by atoms with E-state index in [9.17, 15) is 9.90 Å². The molecule has 2 aliphatic carbocycles. The average Bonchev–Trinajstić information content (AvgIpc) is 3.41. The van der Waals surface area contributed by atoms with Gasteiger partial charge in [0.2, 0.25) is 0 Å². The maximum Gasteiger partial charge on any atom is 0.409 e. The second-order valence-electron chi connectivity index (χ2n) is 7.54. The van der Waals surface area contributed by atoms with Crippen LogP contribution < -0.4 is 0 Å². The zero-order valence-corrected chi connectivity index (χ0v) is 14.0. The lowest BCUT2D eigenvalue weighted by Gasteiger charge is -2.46. The van der Waals surface area contributed by atoms with Gasteiger partial charge in [-0.3, -0.25) is 0 Å². The molecule has 1 aliphatic heterocycles. The third kappa shape index (κ3) is 2.35. The molecule has 1 saturated heterocycles. The summed E-state index contributed by atoms with van der Waals surface area (Å²) in [6.07, 6.45) is 1.84. The van der Waals surface area contributed by atoms with Crippen molar-refractivity contribution in [2.24, 2.45) is 5.92 Å². The molecule has 4 heteroatoms. The van der Waals surface area contributed by atoms with E-state index in [1.165, 1.54) is 22.3 Å². The molecule has 0 radical (unpaired) electrons. The first-order chi connectivity index (χ1) is 12.2. The summed E-state index contributed by atoms with van der Waals surface area (Å²) in [4.78, 5) is 13.9. The van der Waals surface area contributed by atoms with Crippen LogP contribution in [0, 0.1) is 5.92 Å². The Balaban J connectivity index is 1.29. The smallest absolute Gasteiger partial charge is 0.409 e. The van der Waals surface area contributed by atoms with Crippen LogP contribution in [0.5, 0.6) is 0 Å². The number of aliphatic hydroxyl groups is 1. The maximum atomic E-state index is 12.3. The van der Waals surface area contributed by atoms with Crippen molar-refractivity contribution >= 4 is 6.09 Å². The Kier molecular flexibility index (Phi) is 3.19. The van der Waals surface area contributed by atoms with Gasteiger partial charge in [-0.05, 0) is 41.0 Å². The molecule has 0 unspecified atom stereocenters. The molecule has 1 heterocycles. The summed E-state index contributed by atoms with van der Waals surface area (Å²) >= 11 is 0. The minimum Gasteiger partial charge on any atom is -0.448 e. The van der Waals surface area contributed by atoms with Crippen LogP contribution in [-0.2, 0) is 4.74 Å². The number of rotatable bonds is 3. The quantitative estimate of drug-likeness (QED) is 0.935. The lowest BCUT2D eigenvalue weighted by Crippen LogP contribution is -2.64. The predicted molar refractivity (Wildman–Crippen MR) is 94.3 cm³/mol. The van der Waals surface area contributed by atoms with Crippen molar-refractivity contribution in [1.29, 1.82) is 0 Å². The van der Waals surface area contributed by atoms with Gasteiger partial charge in [0, 0.05) is 5.92 Å². The van der Waals surface area contributed by atoms with Gasteiger partial charge in [0.25, 0.3) is 0 Å². The summed E-state index contributed by atoms with van der Waals surface area (Å²) in [6.45, 7) is 1.16. The van der Waals surface area contributed by atoms with E-state index in [-0.39, 0.29) is 12.0 Å². The van der Waals surface area contributed by atoms with Crippen LogP contribution >= 0.6 is 0 Å². The van der Waals surface area contributed by atoms with Crippen LogP contribution in [0.2, 0.25) is 0 Å². The van der Waals surface area contributed by atoms with Gasteiger partial charge in [-0.25, -0.2) is 4.79 Å². The van der Waals surface area contributed by atoms with Crippen molar-refractivity contribution in [2.75, 3.05) is 19.7 Å². The first-order valence-corrected chi connectivity index (χ1v) is 8.98. The molecule has 0 spiro atoms. The Labute approximate surface area is 147 Å². The van der Waals surface area contributed by atoms with Crippen molar-refractivity contribution in [3.8, 4) is 11.1 Å². The molecule has 25 heavy (non-hydrogen) atoms. The molecule has 3 aliphatic rings. The van der Waals surface area contributed by atoms with Crippen LogP contribution in [0.25, 0.3) is 11.1 Å². The van der Waals surface area contributed by atoms with Gasteiger partial charge in [0.05, 0.1) is 13.1 Å². The van der Waals surface area contributed by atoms with E-state index in [0.29, 0.717) is 25.6 Å². The standard InChI is InChI=1S/C21H21NO3/c23-20(22-12-21(24,13-22)14-9-10-14)25-11-19-17-7-3-1-5-15(17)16-6-2-4-8-18(16)19/h1-8,14,19,24H,9-13H2. The first-order valence-electron chi connectivity index (χ1n) is 8.98. The number of ether oxygens (including phenoxy) is 1. The minimum absolute atomic E-state index is 0.0833. The van der Waals surface area contributed by atoms with E-state index in [1.807, 2.05) is 24.3 Å². The van der Waals surface area contributed by atoms with E-state index in [0.717, 1.165) is 12.8 Å². The zero-order valence-electron chi connectivity index (χ0n) is 14.0. The van der Waals surface area contributed by atoms with Crippen molar-refractivity contribution in [3.05, 3.63) is 59.7 Å². The summed E-state index contributed by atoms with van der Waals surface area (Å²) in [5.41, 5.74) is 4.23. The van der Waals surface area contributed by atoms with Crippen LogP contribution in [0.15, 0.2) is 48.5 Å². The largest absolute Gasteiger partial charge is 0.448 e. The number of hydrogen-bond donors (Lipinski definition) is 1. The molecule has 128 valence electrons. The van der Waals surface area contributed by atoms with E-state index in [1.54, 1.807) is 4.90 Å². The lowest BCUT2D eigenvalue weighted by molar-refractivity contribution is -0.103. The van der Waals surface area contributed by atoms with Gasteiger partial charge < -0.3 is 14.7 Å². The zero-order chi connectivity index (χ0) is 17.0. The van der Waals surface area contributed by atoms with Gasteiger partial charge in [0.15, 0.2) is 0 Å². The topological polar surface area (TPSA) is 49.8 Å². The Morgan fingerprint density at radius 3 is 2.16 bits per heavy atom. The second kappa shape index (κ2) is 5.33. The number of likely N-dealkylation sites (tertiary alicyclic amines) is 1. The van der Waals surface area contributed by atoms with E-state index in [4.69, 9.17) is 4.74 Å². The summed E-state index contributed by atoms with van der Waals surface area (Å²) in [5.74, 6) is 0.463.